The molecule has 2 aromatic heterocycles. The minimum absolute atomic E-state index is 0.0551. The molecule has 1 aliphatic carbocycles. The number of fused-ring (bicyclic) bond motifs is 1. The van der Waals surface area contributed by atoms with Gasteiger partial charge in [0, 0.05) is 30.1 Å². The Kier molecular flexibility index (Phi) is 8.03. The smallest absolute Gasteiger partial charge is 0.334 e. The van der Waals surface area contributed by atoms with Crippen molar-refractivity contribution in [2.24, 2.45) is 5.92 Å². The number of pyridine rings is 1. The normalized spacial score (nSPS) is 25.2. The summed E-state index contributed by atoms with van der Waals surface area (Å²) < 4.78 is 12.2. The van der Waals surface area contributed by atoms with Crippen molar-refractivity contribution in [3.8, 4) is 0 Å². The number of rotatable bonds is 10. The van der Waals surface area contributed by atoms with E-state index in [-0.39, 0.29) is 23.5 Å². The van der Waals surface area contributed by atoms with Crippen LogP contribution in [0, 0.1) is 16.0 Å². The first-order valence-corrected chi connectivity index (χ1v) is 13.4. The van der Waals surface area contributed by atoms with Crippen molar-refractivity contribution in [1.82, 2.24) is 10.3 Å². The summed E-state index contributed by atoms with van der Waals surface area (Å²) in [5.41, 5.74) is 0.222. The minimum Gasteiger partial charge on any atom is -0.376 e. The number of nitro groups is 1. The summed E-state index contributed by atoms with van der Waals surface area (Å²) in [4.78, 5) is 29.8. The van der Waals surface area contributed by atoms with E-state index >= 15 is 0 Å². The number of anilines is 2. The van der Waals surface area contributed by atoms with Crippen LogP contribution in [0.5, 0.6) is 0 Å². The van der Waals surface area contributed by atoms with Crippen molar-refractivity contribution in [2.45, 2.75) is 77.0 Å². The fraction of sp³-hybridized carbons (Fsp3) is 0.583. The third-order valence-corrected chi connectivity index (χ3v) is 7.97. The number of thiophene rings is 1. The molecule has 10 nitrogen and oxygen atoms in total. The number of carbonyl (C=O) groups is 1. The molecule has 1 amide bonds. The maximum Gasteiger partial charge on any atom is 0.334 e. The van der Waals surface area contributed by atoms with E-state index in [0.717, 1.165) is 11.3 Å². The highest BCUT2D eigenvalue weighted by Gasteiger charge is 2.56. The standard InChI is InChI=1S/C24H32ClN5O5S/c1-5-13(11-18-15(25)8-10-36-18)28-16-7-9-27-22(19(16)30(32)33)29-17-12-14(23(31)26-6-2)20-21(17)35-24(3,4)34-20/h7-10,13-14,17,20-21H,5-6,11-12H2,1-4H3,(H,26,31)(H2,27,28,29)/t13?,14-,17?,20?,21?/m0/s1. The van der Waals surface area contributed by atoms with Crippen LogP contribution in [0.4, 0.5) is 17.2 Å². The number of halogens is 1. The number of hydrogen-bond acceptors (Lipinski definition) is 9. The van der Waals surface area contributed by atoms with Crippen molar-refractivity contribution in [1.29, 1.82) is 0 Å². The van der Waals surface area contributed by atoms with Gasteiger partial charge in [-0.15, -0.1) is 11.3 Å². The summed E-state index contributed by atoms with van der Waals surface area (Å²) in [5, 5.41) is 24.2. The first kappa shape index (κ1) is 26.6. The molecule has 2 aromatic rings. The molecule has 4 unspecified atom stereocenters. The average Bonchev–Trinajstić information content (AvgIpc) is 3.46. The summed E-state index contributed by atoms with van der Waals surface area (Å²) in [6.07, 6.45) is 2.43. The molecule has 4 rings (SSSR count). The second-order valence-corrected chi connectivity index (χ2v) is 10.9. The van der Waals surface area contributed by atoms with Crippen LogP contribution in [0.1, 0.15) is 45.4 Å². The highest BCUT2D eigenvalue weighted by molar-refractivity contribution is 7.10. The highest BCUT2D eigenvalue weighted by Crippen LogP contribution is 2.44. The number of hydrogen-bond donors (Lipinski definition) is 3. The monoisotopic (exact) mass is 537 g/mol. The Morgan fingerprint density at radius 3 is 2.72 bits per heavy atom. The molecule has 1 saturated carbocycles. The van der Waals surface area contributed by atoms with Gasteiger partial charge in [-0.1, -0.05) is 18.5 Å². The second-order valence-electron chi connectivity index (χ2n) is 9.51. The van der Waals surface area contributed by atoms with Crippen LogP contribution >= 0.6 is 22.9 Å². The molecule has 0 spiro atoms. The van der Waals surface area contributed by atoms with E-state index in [1.807, 2.05) is 25.3 Å². The van der Waals surface area contributed by atoms with Gasteiger partial charge in [-0.2, -0.15) is 0 Å². The number of ether oxygens (including phenoxy) is 2. The Morgan fingerprint density at radius 1 is 1.33 bits per heavy atom. The molecule has 3 N–H and O–H groups in total. The van der Waals surface area contributed by atoms with Gasteiger partial charge in [0.25, 0.3) is 0 Å². The maximum atomic E-state index is 12.7. The van der Waals surface area contributed by atoms with Gasteiger partial charge in [0.2, 0.25) is 11.7 Å². The molecule has 0 bridgehead atoms. The molecule has 1 saturated heterocycles. The highest BCUT2D eigenvalue weighted by atomic mass is 35.5. The van der Waals surface area contributed by atoms with Crippen LogP contribution in [0.25, 0.3) is 0 Å². The van der Waals surface area contributed by atoms with E-state index in [1.54, 1.807) is 31.3 Å². The molecule has 12 heteroatoms. The maximum absolute atomic E-state index is 12.7. The number of aromatic nitrogens is 1. The van der Waals surface area contributed by atoms with Crippen LogP contribution in [-0.4, -0.2) is 52.4 Å². The summed E-state index contributed by atoms with van der Waals surface area (Å²) in [5.74, 6) is -1.29. The predicted molar refractivity (Wildman–Crippen MR) is 140 cm³/mol. The van der Waals surface area contributed by atoms with Crippen molar-refractivity contribution in [3.63, 3.8) is 0 Å². The predicted octanol–water partition coefficient (Wildman–Crippen LogP) is 4.59. The molecule has 2 fully saturated rings. The Labute approximate surface area is 219 Å². The fourth-order valence-electron chi connectivity index (χ4n) is 4.93. The van der Waals surface area contributed by atoms with E-state index in [0.29, 0.717) is 30.1 Å². The fourth-order valence-corrected chi connectivity index (χ4v) is 6.13. The van der Waals surface area contributed by atoms with Crippen LogP contribution in [0.15, 0.2) is 23.7 Å². The topological polar surface area (TPSA) is 128 Å². The third-order valence-electron chi connectivity index (χ3n) is 6.56. The Hall–Kier alpha value is -2.47. The van der Waals surface area contributed by atoms with Gasteiger partial charge in [0.1, 0.15) is 17.9 Å². The lowest BCUT2D eigenvalue weighted by Gasteiger charge is -2.24. The van der Waals surface area contributed by atoms with Gasteiger partial charge < -0.3 is 25.4 Å². The van der Waals surface area contributed by atoms with Gasteiger partial charge in [0.05, 0.1) is 21.9 Å². The van der Waals surface area contributed by atoms with E-state index in [2.05, 4.69) is 20.9 Å². The van der Waals surface area contributed by atoms with Gasteiger partial charge in [0.15, 0.2) is 5.79 Å². The largest absolute Gasteiger partial charge is 0.376 e. The van der Waals surface area contributed by atoms with Crippen LogP contribution < -0.4 is 16.0 Å². The Morgan fingerprint density at radius 2 is 2.08 bits per heavy atom. The molecule has 2 aliphatic rings. The summed E-state index contributed by atoms with van der Waals surface area (Å²) in [7, 11) is 0. The van der Waals surface area contributed by atoms with E-state index < -0.39 is 34.9 Å². The molecular formula is C24H32ClN5O5S. The number of amides is 1. The quantitative estimate of drug-likeness (QED) is 0.296. The molecule has 0 radical (unpaired) electrons. The lowest BCUT2D eigenvalue weighted by Crippen LogP contribution is -2.37. The van der Waals surface area contributed by atoms with E-state index in [4.69, 9.17) is 21.1 Å². The summed E-state index contributed by atoms with van der Waals surface area (Å²) >= 11 is 7.83. The summed E-state index contributed by atoms with van der Waals surface area (Å²) in [6.45, 7) is 7.98. The minimum atomic E-state index is -0.861. The SMILES string of the molecule is CCNC(=O)[C@H]1CC(Nc2nccc(NC(CC)Cc3sccc3Cl)c2[N+](=O)[O-])C2OC(C)(C)OC21. The first-order chi connectivity index (χ1) is 17.1. The zero-order valence-electron chi connectivity index (χ0n) is 20.7. The Balaban J connectivity index is 1.58. The first-order valence-electron chi connectivity index (χ1n) is 12.1. The average molecular weight is 538 g/mol. The molecule has 36 heavy (non-hydrogen) atoms. The molecule has 1 aliphatic heterocycles. The molecule has 5 atom stereocenters. The van der Waals surface area contributed by atoms with Crippen molar-refractivity contribution in [3.05, 3.63) is 43.7 Å². The zero-order valence-corrected chi connectivity index (χ0v) is 22.3. The van der Waals surface area contributed by atoms with E-state index in [1.165, 1.54) is 6.20 Å². The lowest BCUT2D eigenvalue weighted by atomic mass is 10.0. The zero-order chi connectivity index (χ0) is 26.0. The van der Waals surface area contributed by atoms with Crippen molar-refractivity contribution in [2.75, 3.05) is 17.2 Å². The number of carbonyl (C=O) groups excluding carboxylic acids is 1. The van der Waals surface area contributed by atoms with Gasteiger partial charge in [-0.05, 0) is 51.1 Å². The molecular weight excluding hydrogens is 506 g/mol. The van der Waals surface area contributed by atoms with Gasteiger partial charge in [-0.25, -0.2) is 4.98 Å². The van der Waals surface area contributed by atoms with Crippen LogP contribution in [0.3, 0.4) is 0 Å². The second kappa shape index (κ2) is 10.9. The molecule has 196 valence electrons. The Bertz CT molecular complexity index is 1110. The van der Waals surface area contributed by atoms with Crippen molar-refractivity contribution < 1.29 is 19.2 Å². The van der Waals surface area contributed by atoms with Crippen LogP contribution in [-0.2, 0) is 20.7 Å². The van der Waals surface area contributed by atoms with Crippen molar-refractivity contribution >= 4 is 46.0 Å². The molecule has 3 heterocycles. The van der Waals surface area contributed by atoms with E-state index in [9.17, 15) is 14.9 Å². The lowest BCUT2D eigenvalue weighted by molar-refractivity contribution is -0.383. The van der Waals surface area contributed by atoms with Crippen LogP contribution in [0.2, 0.25) is 5.02 Å². The molecule has 0 aromatic carbocycles. The van der Waals surface area contributed by atoms with Gasteiger partial charge >= 0.3 is 5.69 Å². The van der Waals surface area contributed by atoms with Gasteiger partial charge in [-0.3, -0.25) is 14.9 Å². The third kappa shape index (κ3) is 5.59. The summed E-state index contributed by atoms with van der Waals surface area (Å²) in [6, 6.07) is 3.01. The number of nitrogens with zero attached hydrogens (tertiary/aromatic N) is 2. The number of nitrogens with one attached hydrogen (secondary N) is 3.